The van der Waals surface area contributed by atoms with Gasteiger partial charge in [-0.05, 0) is 36.6 Å². The molecule has 0 radical (unpaired) electrons. The molecule has 3 aromatic heterocycles. The maximum absolute atomic E-state index is 14.2. The minimum Gasteiger partial charge on any atom is -0.378 e. The topological polar surface area (TPSA) is 180 Å². The van der Waals surface area contributed by atoms with Crippen LogP contribution in [-0.4, -0.2) is 115 Å². The van der Waals surface area contributed by atoms with Crippen molar-refractivity contribution in [3.8, 4) is 0 Å². The molecule has 52 heavy (non-hydrogen) atoms. The van der Waals surface area contributed by atoms with Crippen LogP contribution in [0.1, 0.15) is 74.1 Å². The monoisotopic (exact) mass is 717 g/mol. The van der Waals surface area contributed by atoms with Gasteiger partial charge in [0, 0.05) is 51.5 Å². The number of ether oxygens (including phenoxy) is 1. The number of aromatic nitrogens is 5. The van der Waals surface area contributed by atoms with Crippen LogP contribution < -0.4 is 15.5 Å². The summed E-state index contributed by atoms with van der Waals surface area (Å²) >= 11 is 0. The Morgan fingerprint density at radius 1 is 1.00 bits per heavy atom. The molecule has 270 valence electrons. The van der Waals surface area contributed by atoms with E-state index in [2.05, 4.69) is 30.7 Å². The molecule has 3 saturated heterocycles. The smallest absolute Gasteiger partial charge is 0.343 e. The van der Waals surface area contributed by atoms with Crippen molar-refractivity contribution in [3.63, 3.8) is 0 Å². The molecular formula is C33H33F2N11O6. The Morgan fingerprint density at radius 3 is 2.52 bits per heavy atom. The number of morpholine rings is 1. The second kappa shape index (κ2) is 13.4. The van der Waals surface area contributed by atoms with Crippen molar-refractivity contribution in [1.82, 2.24) is 44.6 Å². The maximum atomic E-state index is 14.2. The van der Waals surface area contributed by atoms with Gasteiger partial charge in [0.15, 0.2) is 11.3 Å². The van der Waals surface area contributed by atoms with Crippen molar-refractivity contribution in [3.05, 3.63) is 70.8 Å². The first-order valence-corrected chi connectivity index (χ1v) is 16.9. The third kappa shape index (κ3) is 6.10. The first-order valence-electron chi connectivity index (χ1n) is 16.9. The summed E-state index contributed by atoms with van der Waals surface area (Å²) in [7, 11) is 0. The minimum absolute atomic E-state index is 0.0319. The van der Waals surface area contributed by atoms with Crippen molar-refractivity contribution in [2.75, 3.05) is 56.2 Å². The molecule has 6 amide bonds. The first kappa shape index (κ1) is 33.3. The summed E-state index contributed by atoms with van der Waals surface area (Å²) in [5.74, 6) is -1.73. The Labute approximate surface area is 294 Å². The number of urea groups is 1. The van der Waals surface area contributed by atoms with Crippen LogP contribution in [0.4, 0.5) is 25.1 Å². The number of nitrogens with one attached hydrogen (secondary N) is 2. The van der Waals surface area contributed by atoms with Crippen LogP contribution in [0.2, 0.25) is 0 Å². The third-order valence-corrected chi connectivity index (χ3v) is 9.69. The van der Waals surface area contributed by atoms with Crippen LogP contribution in [0, 0.1) is 0 Å². The summed E-state index contributed by atoms with van der Waals surface area (Å²) in [6.07, 6.45) is 2.69. The summed E-state index contributed by atoms with van der Waals surface area (Å²) < 4.78 is 36.7. The van der Waals surface area contributed by atoms with Crippen molar-refractivity contribution < 1.29 is 37.5 Å². The SMILES string of the molecule is O=C1CCN(N2C(=O)c3ccc(CN4CCC(n5cc(NC(=O)c6cnn7ccc(N8CCOCC8)nc67)c(C(F)F)n5)CC4)cc3C2=O)C(=O)N1. The highest BCUT2D eigenvalue weighted by molar-refractivity contribution is 6.22. The van der Waals surface area contributed by atoms with Gasteiger partial charge in [0.2, 0.25) is 5.91 Å². The highest BCUT2D eigenvalue weighted by Gasteiger charge is 2.43. The number of imide groups is 2. The number of carbonyl (C=O) groups excluding carboxylic acids is 5. The number of amides is 6. The summed E-state index contributed by atoms with van der Waals surface area (Å²) in [6, 6.07) is 5.70. The number of hydrazine groups is 1. The number of likely N-dealkylation sites (tertiary alicyclic amines) is 1. The van der Waals surface area contributed by atoms with E-state index in [1.54, 1.807) is 30.5 Å². The van der Waals surface area contributed by atoms with Crippen LogP contribution in [0.15, 0.2) is 42.9 Å². The molecule has 1 aromatic carbocycles. The van der Waals surface area contributed by atoms with E-state index in [9.17, 15) is 32.8 Å². The lowest BCUT2D eigenvalue weighted by atomic mass is 10.0. The Kier molecular flexibility index (Phi) is 8.58. The fraction of sp³-hybridized carbons (Fsp3) is 0.394. The third-order valence-electron chi connectivity index (χ3n) is 9.69. The van der Waals surface area contributed by atoms with E-state index in [1.807, 2.05) is 4.90 Å². The van der Waals surface area contributed by atoms with Crippen LogP contribution in [-0.2, 0) is 16.1 Å². The number of rotatable bonds is 8. The van der Waals surface area contributed by atoms with Gasteiger partial charge in [-0.15, -0.1) is 0 Å². The zero-order valence-corrected chi connectivity index (χ0v) is 27.7. The van der Waals surface area contributed by atoms with E-state index in [1.165, 1.54) is 21.6 Å². The molecule has 4 aliphatic rings. The van der Waals surface area contributed by atoms with Gasteiger partial charge < -0.3 is 15.0 Å². The number of hydrogen-bond donors (Lipinski definition) is 2. The van der Waals surface area contributed by atoms with Crippen molar-refractivity contribution in [1.29, 1.82) is 0 Å². The standard InChI is InChI=1S/C33H33F2N11O6/c34-28(35)27-24(37-30(48)23-16-36-43-9-5-25(38-29(23)43)42-11-13-52-14-12-42)18-44(40-27)20-3-7-41(8-4-20)17-19-1-2-21-22(15-19)32(50)46(31(21)49)45-10-6-26(47)39-33(45)51/h1-2,5,9,15-16,18,20,28H,3-4,6-8,10-14,17H2,(H,37,48)(H,39,47,51). The lowest BCUT2D eigenvalue weighted by Gasteiger charge is -2.32. The number of hydrogen-bond acceptors (Lipinski definition) is 11. The molecule has 0 spiro atoms. The van der Waals surface area contributed by atoms with Gasteiger partial charge in [-0.3, -0.25) is 34.1 Å². The van der Waals surface area contributed by atoms with Crippen LogP contribution in [0.5, 0.6) is 0 Å². The molecule has 2 N–H and O–H groups in total. The number of alkyl halides is 2. The first-order chi connectivity index (χ1) is 25.1. The van der Waals surface area contributed by atoms with Gasteiger partial charge in [-0.25, -0.2) is 28.1 Å². The number of halogens is 2. The molecule has 0 bridgehead atoms. The van der Waals surface area contributed by atoms with Gasteiger partial charge >= 0.3 is 6.03 Å². The van der Waals surface area contributed by atoms with Gasteiger partial charge in [0.05, 0.1) is 48.8 Å². The van der Waals surface area contributed by atoms with Crippen LogP contribution in [0.25, 0.3) is 5.65 Å². The second-order valence-corrected chi connectivity index (χ2v) is 12.9. The van der Waals surface area contributed by atoms with Crippen molar-refractivity contribution >= 4 is 46.8 Å². The largest absolute Gasteiger partial charge is 0.378 e. The van der Waals surface area contributed by atoms with E-state index in [4.69, 9.17) is 4.74 Å². The normalized spacial score (nSPS) is 18.9. The lowest BCUT2D eigenvalue weighted by molar-refractivity contribution is -0.122. The summed E-state index contributed by atoms with van der Waals surface area (Å²) in [5.41, 5.74) is 0.926. The molecule has 17 nitrogen and oxygen atoms in total. The number of fused-ring (bicyclic) bond motifs is 2. The average molecular weight is 718 g/mol. The van der Waals surface area contributed by atoms with E-state index in [0.717, 1.165) is 15.6 Å². The Bertz CT molecular complexity index is 2100. The van der Waals surface area contributed by atoms with Crippen molar-refractivity contribution in [2.45, 2.75) is 38.3 Å². The van der Waals surface area contributed by atoms with E-state index < -0.39 is 41.8 Å². The molecule has 7 heterocycles. The molecule has 8 rings (SSSR count). The number of piperidine rings is 1. The molecular weight excluding hydrogens is 684 g/mol. The highest BCUT2D eigenvalue weighted by Crippen LogP contribution is 2.32. The molecule has 4 aromatic rings. The van der Waals surface area contributed by atoms with Gasteiger partial charge in [-0.2, -0.15) is 15.2 Å². The molecule has 0 aliphatic carbocycles. The number of nitrogens with zero attached hydrogens (tertiary/aromatic N) is 9. The molecule has 0 atom stereocenters. The van der Waals surface area contributed by atoms with E-state index in [0.29, 0.717) is 70.2 Å². The van der Waals surface area contributed by atoms with Crippen LogP contribution >= 0.6 is 0 Å². The average Bonchev–Trinajstić information content (AvgIpc) is 3.83. The predicted octanol–water partition coefficient (Wildman–Crippen LogP) is 2.24. The second-order valence-electron chi connectivity index (χ2n) is 12.9. The zero-order chi connectivity index (χ0) is 36.1. The van der Waals surface area contributed by atoms with Gasteiger partial charge in [0.25, 0.3) is 24.1 Å². The molecule has 19 heteroatoms. The van der Waals surface area contributed by atoms with E-state index in [-0.39, 0.29) is 41.4 Å². The highest BCUT2D eigenvalue weighted by atomic mass is 19.3. The molecule has 0 unspecified atom stereocenters. The quantitative estimate of drug-likeness (QED) is 0.256. The fourth-order valence-electron chi connectivity index (χ4n) is 6.97. The van der Waals surface area contributed by atoms with Gasteiger partial charge in [-0.1, -0.05) is 6.07 Å². The number of carbonyl (C=O) groups is 5. The van der Waals surface area contributed by atoms with Crippen LogP contribution in [0.3, 0.4) is 0 Å². The molecule has 3 fully saturated rings. The lowest BCUT2D eigenvalue weighted by Crippen LogP contribution is -2.58. The Balaban J connectivity index is 0.916. The zero-order valence-electron chi connectivity index (χ0n) is 27.7. The minimum atomic E-state index is -2.93. The molecule has 0 saturated carbocycles. The van der Waals surface area contributed by atoms with Crippen molar-refractivity contribution in [2.24, 2.45) is 0 Å². The summed E-state index contributed by atoms with van der Waals surface area (Å²) in [6.45, 7) is 3.98. The maximum Gasteiger partial charge on any atom is 0.343 e. The predicted molar refractivity (Wildman–Crippen MR) is 177 cm³/mol. The summed E-state index contributed by atoms with van der Waals surface area (Å²) in [4.78, 5) is 72.3. The number of benzene rings is 1. The summed E-state index contributed by atoms with van der Waals surface area (Å²) in [5, 5.41) is 14.8. The fourth-order valence-corrected chi connectivity index (χ4v) is 6.97. The molecule has 4 aliphatic heterocycles. The Hall–Kier alpha value is -5.82. The Morgan fingerprint density at radius 2 is 1.77 bits per heavy atom. The van der Waals surface area contributed by atoms with Gasteiger partial charge in [0.1, 0.15) is 11.4 Å². The van der Waals surface area contributed by atoms with E-state index >= 15 is 0 Å². The number of anilines is 2.